The lowest BCUT2D eigenvalue weighted by molar-refractivity contribution is -0.171. The molecule has 0 aromatic heterocycles. The number of carbonyl (C=O) groups is 2. The summed E-state index contributed by atoms with van der Waals surface area (Å²) in [5.41, 5.74) is 3.76. The number of cyclic esters (lactones) is 1. The summed E-state index contributed by atoms with van der Waals surface area (Å²) in [6, 6.07) is 26.7. The van der Waals surface area contributed by atoms with Crippen molar-refractivity contribution < 1.29 is 14.3 Å². The van der Waals surface area contributed by atoms with Gasteiger partial charge in [-0.05, 0) is 66.3 Å². The van der Waals surface area contributed by atoms with Crippen LogP contribution in [0.3, 0.4) is 0 Å². The molecular formula is C32H36O3S. The van der Waals surface area contributed by atoms with E-state index in [0.717, 1.165) is 28.9 Å². The van der Waals surface area contributed by atoms with Gasteiger partial charge in [-0.3, -0.25) is 9.59 Å². The van der Waals surface area contributed by atoms with Gasteiger partial charge in [0.05, 0.1) is 0 Å². The highest BCUT2D eigenvalue weighted by atomic mass is 32.2. The van der Waals surface area contributed by atoms with Crippen LogP contribution in [0.2, 0.25) is 0 Å². The summed E-state index contributed by atoms with van der Waals surface area (Å²) in [5, 5.41) is -0.825. The number of ketones is 1. The van der Waals surface area contributed by atoms with Gasteiger partial charge in [0.2, 0.25) is 0 Å². The van der Waals surface area contributed by atoms with Gasteiger partial charge in [-0.15, -0.1) is 11.8 Å². The monoisotopic (exact) mass is 500 g/mol. The predicted octanol–water partition coefficient (Wildman–Crippen LogP) is 7.27. The molecule has 4 heteroatoms. The largest absolute Gasteiger partial charge is 0.457 e. The SMILES string of the molecule is Cc1ccc(C(C)(C)C)c(SC2C(=O)CC(CCc3ccccc3)(CCc3ccccc3)OC2=O)c1. The van der Waals surface area contributed by atoms with Crippen LogP contribution in [0.25, 0.3) is 0 Å². The maximum Gasteiger partial charge on any atom is 0.327 e. The molecule has 0 spiro atoms. The molecule has 1 unspecified atom stereocenters. The number of ether oxygens (including phenoxy) is 1. The van der Waals surface area contributed by atoms with Crippen LogP contribution in [-0.2, 0) is 32.6 Å². The number of benzene rings is 3. The minimum Gasteiger partial charge on any atom is -0.457 e. The molecule has 0 N–H and O–H groups in total. The molecule has 0 amide bonds. The molecule has 36 heavy (non-hydrogen) atoms. The van der Waals surface area contributed by atoms with Crippen molar-refractivity contribution in [2.24, 2.45) is 0 Å². The molecule has 1 aliphatic rings. The molecule has 3 aromatic carbocycles. The Kier molecular flexibility index (Phi) is 8.04. The molecule has 1 fully saturated rings. The molecule has 3 aromatic rings. The van der Waals surface area contributed by atoms with E-state index in [1.807, 2.05) is 43.3 Å². The van der Waals surface area contributed by atoms with Crippen molar-refractivity contribution in [3.05, 3.63) is 101 Å². The van der Waals surface area contributed by atoms with E-state index in [9.17, 15) is 9.59 Å². The normalized spacial score (nSPS) is 17.6. The Bertz CT molecular complexity index is 1130. The van der Waals surface area contributed by atoms with Crippen LogP contribution in [0.5, 0.6) is 0 Å². The quantitative estimate of drug-likeness (QED) is 0.241. The molecule has 3 nitrogen and oxygen atoms in total. The number of aryl methyl sites for hydroxylation is 3. The Morgan fingerprint density at radius 1 is 0.861 bits per heavy atom. The van der Waals surface area contributed by atoms with Crippen molar-refractivity contribution in [2.45, 2.75) is 81.0 Å². The van der Waals surface area contributed by atoms with Crippen molar-refractivity contribution in [2.75, 3.05) is 0 Å². The van der Waals surface area contributed by atoms with Crippen LogP contribution >= 0.6 is 11.8 Å². The highest BCUT2D eigenvalue weighted by Crippen LogP contribution is 2.41. The maximum atomic E-state index is 13.6. The van der Waals surface area contributed by atoms with E-state index >= 15 is 0 Å². The van der Waals surface area contributed by atoms with E-state index in [2.05, 4.69) is 63.2 Å². The van der Waals surface area contributed by atoms with Gasteiger partial charge < -0.3 is 4.74 Å². The summed E-state index contributed by atoms with van der Waals surface area (Å²) in [7, 11) is 0. The minimum atomic E-state index is -0.825. The van der Waals surface area contributed by atoms with Crippen molar-refractivity contribution >= 4 is 23.5 Å². The van der Waals surface area contributed by atoms with Crippen molar-refractivity contribution in [3.8, 4) is 0 Å². The minimum absolute atomic E-state index is 0.0289. The van der Waals surface area contributed by atoms with Crippen molar-refractivity contribution in [1.82, 2.24) is 0 Å². The summed E-state index contributed by atoms with van der Waals surface area (Å²) in [6.45, 7) is 8.50. The smallest absolute Gasteiger partial charge is 0.327 e. The fraction of sp³-hybridized carbons (Fsp3) is 0.375. The van der Waals surface area contributed by atoms with E-state index in [0.29, 0.717) is 12.8 Å². The molecule has 0 radical (unpaired) electrons. The molecule has 1 aliphatic heterocycles. The number of carbonyl (C=O) groups excluding carboxylic acids is 2. The van der Waals surface area contributed by atoms with Crippen LogP contribution in [0.15, 0.2) is 83.8 Å². The lowest BCUT2D eigenvalue weighted by Crippen LogP contribution is -2.49. The molecule has 0 saturated carbocycles. The average molecular weight is 501 g/mol. The highest BCUT2D eigenvalue weighted by Gasteiger charge is 2.47. The summed E-state index contributed by atoms with van der Waals surface area (Å²) >= 11 is 1.35. The van der Waals surface area contributed by atoms with E-state index in [4.69, 9.17) is 4.74 Å². The summed E-state index contributed by atoms with van der Waals surface area (Å²) in [4.78, 5) is 28.0. The first-order valence-corrected chi connectivity index (χ1v) is 13.6. The summed E-state index contributed by atoms with van der Waals surface area (Å²) in [5.74, 6) is -0.433. The van der Waals surface area contributed by atoms with E-state index in [1.165, 1.54) is 22.9 Å². The molecule has 0 bridgehead atoms. The summed E-state index contributed by atoms with van der Waals surface area (Å²) in [6.07, 6.45) is 3.06. The molecule has 1 atom stereocenters. The predicted molar refractivity (Wildman–Crippen MR) is 147 cm³/mol. The van der Waals surface area contributed by atoms with Crippen molar-refractivity contribution in [3.63, 3.8) is 0 Å². The molecule has 4 rings (SSSR count). The standard InChI is InChI=1S/C32H36O3S/c1-23-15-16-26(31(2,3)4)28(21-23)36-29-27(33)22-32(35-30(29)34,19-17-24-11-7-5-8-12-24)20-18-25-13-9-6-10-14-25/h5-16,21,29H,17-20,22H2,1-4H3. The number of Topliss-reactive ketones (excluding diaryl/α,β-unsaturated/α-hetero) is 1. The van der Waals surface area contributed by atoms with E-state index in [-0.39, 0.29) is 17.6 Å². The van der Waals surface area contributed by atoms with Gasteiger partial charge in [0.25, 0.3) is 0 Å². The first-order chi connectivity index (χ1) is 17.2. The molecular weight excluding hydrogens is 464 g/mol. The van der Waals surface area contributed by atoms with Crippen LogP contribution in [-0.4, -0.2) is 22.6 Å². The number of hydrogen-bond donors (Lipinski definition) is 0. The van der Waals surface area contributed by atoms with Gasteiger partial charge in [0.15, 0.2) is 11.0 Å². The van der Waals surface area contributed by atoms with Gasteiger partial charge in [0, 0.05) is 11.3 Å². The number of rotatable bonds is 8. The van der Waals surface area contributed by atoms with Gasteiger partial charge in [-0.2, -0.15) is 0 Å². The third-order valence-corrected chi connectivity index (χ3v) is 8.22. The fourth-order valence-electron chi connectivity index (χ4n) is 4.87. The first-order valence-electron chi connectivity index (χ1n) is 12.8. The third-order valence-electron chi connectivity index (χ3n) is 6.93. The van der Waals surface area contributed by atoms with E-state index in [1.54, 1.807) is 0 Å². The molecule has 0 aliphatic carbocycles. The fourth-order valence-corrected chi connectivity index (χ4v) is 6.24. The second-order valence-electron chi connectivity index (χ2n) is 11.0. The Hall–Kier alpha value is -2.85. The Morgan fingerprint density at radius 2 is 1.42 bits per heavy atom. The Balaban J connectivity index is 1.56. The second-order valence-corrected chi connectivity index (χ2v) is 12.1. The zero-order valence-electron chi connectivity index (χ0n) is 21.8. The first kappa shape index (κ1) is 26.2. The molecule has 188 valence electrons. The number of esters is 1. The Morgan fingerprint density at radius 3 is 1.92 bits per heavy atom. The summed E-state index contributed by atoms with van der Waals surface area (Å²) < 4.78 is 6.25. The lowest BCUT2D eigenvalue weighted by Gasteiger charge is -2.39. The third kappa shape index (κ3) is 6.47. The average Bonchev–Trinajstić information content (AvgIpc) is 2.84. The number of thioether (sulfide) groups is 1. The Labute approximate surface area is 219 Å². The zero-order valence-corrected chi connectivity index (χ0v) is 22.6. The van der Waals surface area contributed by atoms with Crippen LogP contribution in [0.4, 0.5) is 0 Å². The second kappa shape index (κ2) is 11.0. The molecule has 1 heterocycles. The van der Waals surface area contributed by atoms with Gasteiger partial charge in [-0.25, -0.2) is 0 Å². The lowest BCUT2D eigenvalue weighted by atomic mass is 9.82. The van der Waals surface area contributed by atoms with Gasteiger partial charge >= 0.3 is 5.97 Å². The highest BCUT2D eigenvalue weighted by molar-refractivity contribution is 8.01. The zero-order chi connectivity index (χ0) is 25.8. The van der Waals surface area contributed by atoms with Gasteiger partial charge in [0.1, 0.15) is 5.60 Å². The number of hydrogen-bond acceptors (Lipinski definition) is 4. The molecule has 1 saturated heterocycles. The maximum absolute atomic E-state index is 13.6. The van der Waals surface area contributed by atoms with Crippen LogP contribution < -0.4 is 0 Å². The topological polar surface area (TPSA) is 43.4 Å². The van der Waals surface area contributed by atoms with Crippen LogP contribution in [0.1, 0.15) is 62.3 Å². The van der Waals surface area contributed by atoms with Crippen LogP contribution in [0, 0.1) is 6.92 Å². The van der Waals surface area contributed by atoms with Crippen molar-refractivity contribution in [1.29, 1.82) is 0 Å². The van der Waals surface area contributed by atoms with E-state index < -0.39 is 16.8 Å². The van der Waals surface area contributed by atoms with Gasteiger partial charge in [-0.1, -0.05) is 93.6 Å².